The molecule has 0 amide bonds. The van der Waals surface area contributed by atoms with Gasteiger partial charge in [0.2, 0.25) is 0 Å². The topological polar surface area (TPSA) is 51.0 Å². The van der Waals surface area contributed by atoms with Crippen molar-refractivity contribution in [1.82, 2.24) is 15.5 Å². The molecule has 0 bridgehead atoms. The molecule has 17 heavy (non-hydrogen) atoms. The van der Waals surface area contributed by atoms with Crippen molar-refractivity contribution in [3.05, 3.63) is 34.2 Å². The Morgan fingerprint density at radius 1 is 1.29 bits per heavy atom. The molecule has 0 spiro atoms. The summed E-state index contributed by atoms with van der Waals surface area (Å²) in [5, 5.41) is 13.8. The molecule has 0 radical (unpaired) electrons. The number of aromatic nitrogens is 2. The molecule has 0 aliphatic carbocycles. The Kier molecular flexibility index (Phi) is 4.70. The second kappa shape index (κ2) is 6.51. The van der Waals surface area contributed by atoms with Crippen LogP contribution in [0.5, 0.6) is 0 Å². The maximum atomic E-state index is 5.29. The van der Waals surface area contributed by atoms with Gasteiger partial charge in [-0.2, -0.15) is 0 Å². The molecule has 0 aliphatic rings. The molecule has 2 rings (SSSR count). The molecular formula is C12H17N3OS. The van der Waals surface area contributed by atoms with Gasteiger partial charge in [0, 0.05) is 19.4 Å². The highest BCUT2D eigenvalue weighted by Gasteiger charge is 2.05. The minimum absolute atomic E-state index is 0.826. The van der Waals surface area contributed by atoms with E-state index in [2.05, 4.69) is 22.4 Å². The van der Waals surface area contributed by atoms with E-state index in [1.165, 1.54) is 0 Å². The van der Waals surface area contributed by atoms with Crippen molar-refractivity contribution < 1.29 is 4.42 Å². The number of hydrogen-bond acceptors (Lipinski definition) is 5. The normalized spacial score (nSPS) is 10.9. The summed E-state index contributed by atoms with van der Waals surface area (Å²) in [6.45, 7) is 4.01. The van der Waals surface area contributed by atoms with Gasteiger partial charge in [-0.15, -0.1) is 21.5 Å². The molecular weight excluding hydrogens is 234 g/mol. The first-order valence-electron chi connectivity index (χ1n) is 5.93. The largest absolute Gasteiger partial charge is 0.469 e. The van der Waals surface area contributed by atoms with E-state index < -0.39 is 0 Å². The van der Waals surface area contributed by atoms with Crippen LogP contribution in [0.25, 0.3) is 0 Å². The van der Waals surface area contributed by atoms with Crippen LogP contribution in [0.2, 0.25) is 0 Å². The third kappa shape index (κ3) is 3.94. The zero-order valence-corrected chi connectivity index (χ0v) is 10.8. The van der Waals surface area contributed by atoms with E-state index in [4.69, 9.17) is 4.42 Å². The lowest BCUT2D eigenvalue weighted by Gasteiger charge is -1.96. The minimum Gasteiger partial charge on any atom is -0.469 e. The fourth-order valence-corrected chi connectivity index (χ4v) is 2.33. The zero-order valence-electron chi connectivity index (χ0n) is 9.98. The molecule has 0 saturated heterocycles. The highest BCUT2D eigenvalue weighted by Crippen LogP contribution is 2.13. The third-order valence-corrected chi connectivity index (χ3v) is 3.36. The Balaban J connectivity index is 1.77. The Morgan fingerprint density at radius 2 is 2.18 bits per heavy atom. The van der Waals surface area contributed by atoms with E-state index >= 15 is 0 Å². The van der Waals surface area contributed by atoms with Gasteiger partial charge in [0.1, 0.15) is 15.8 Å². The third-order valence-electron chi connectivity index (χ3n) is 2.38. The van der Waals surface area contributed by atoms with Crippen molar-refractivity contribution in [2.45, 2.75) is 32.7 Å². The van der Waals surface area contributed by atoms with Crippen LogP contribution in [0.15, 0.2) is 22.8 Å². The van der Waals surface area contributed by atoms with Gasteiger partial charge >= 0.3 is 0 Å². The van der Waals surface area contributed by atoms with Gasteiger partial charge in [-0.1, -0.05) is 6.92 Å². The lowest BCUT2D eigenvalue weighted by Crippen LogP contribution is -2.13. The summed E-state index contributed by atoms with van der Waals surface area (Å²) in [5.74, 6) is 1.01. The fraction of sp³-hybridized carbons (Fsp3) is 0.500. The molecule has 0 fully saturated rings. The van der Waals surface area contributed by atoms with Gasteiger partial charge in [-0.25, -0.2) is 0 Å². The fourth-order valence-electron chi connectivity index (χ4n) is 1.52. The van der Waals surface area contributed by atoms with Gasteiger partial charge in [-0.05, 0) is 25.1 Å². The van der Waals surface area contributed by atoms with E-state index in [9.17, 15) is 0 Å². The molecule has 0 atom stereocenters. The lowest BCUT2D eigenvalue weighted by molar-refractivity contribution is 0.508. The van der Waals surface area contributed by atoms with Crippen LogP contribution in [0.1, 0.15) is 29.1 Å². The van der Waals surface area contributed by atoms with Crippen LogP contribution >= 0.6 is 11.3 Å². The second-order valence-electron chi connectivity index (χ2n) is 3.85. The van der Waals surface area contributed by atoms with E-state index in [1.807, 2.05) is 12.1 Å². The zero-order chi connectivity index (χ0) is 11.9. The average Bonchev–Trinajstić information content (AvgIpc) is 2.98. The number of aryl methyl sites for hydroxylation is 2. The highest BCUT2D eigenvalue weighted by atomic mass is 32.1. The molecule has 1 N–H and O–H groups in total. The van der Waals surface area contributed by atoms with Crippen LogP contribution in [-0.2, 0) is 19.4 Å². The molecule has 5 heteroatoms. The first-order valence-corrected chi connectivity index (χ1v) is 6.74. The number of furan rings is 1. The summed E-state index contributed by atoms with van der Waals surface area (Å²) >= 11 is 1.68. The molecule has 0 unspecified atom stereocenters. The van der Waals surface area contributed by atoms with E-state index in [1.54, 1.807) is 17.6 Å². The van der Waals surface area contributed by atoms with Gasteiger partial charge in [0.25, 0.3) is 0 Å². The van der Waals surface area contributed by atoms with E-state index in [0.717, 1.165) is 48.1 Å². The van der Waals surface area contributed by atoms with Crippen LogP contribution < -0.4 is 5.32 Å². The maximum Gasteiger partial charge on any atom is 0.131 e. The summed E-state index contributed by atoms with van der Waals surface area (Å²) in [6, 6.07) is 3.90. The highest BCUT2D eigenvalue weighted by molar-refractivity contribution is 7.11. The number of rotatable bonds is 7. The number of nitrogens with one attached hydrogen (secondary N) is 1. The maximum absolute atomic E-state index is 5.29. The first-order chi connectivity index (χ1) is 8.38. The Bertz CT molecular complexity index is 425. The quantitative estimate of drug-likeness (QED) is 0.768. The van der Waals surface area contributed by atoms with Crippen molar-refractivity contribution in [3.8, 4) is 0 Å². The van der Waals surface area contributed by atoms with Crippen molar-refractivity contribution >= 4 is 11.3 Å². The first kappa shape index (κ1) is 12.3. The summed E-state index contributed by atoms with van der Waals surface area (Å²) in [6.07, 6.45) is 4.64. The monoisotopic (exact) mass is 251 g/mol. The van der Waals surface area contributed by atoms with Crippen molar-refractivity contribution in [1.29, 1.82) is 0 Å². The van der Waals surface area contributed by atoms with Crippen LogP contribution in [-0.4, -0.2) is 16.7 Å². The van der Waals surface area contributed by atoms with Gasteiger partial charge < -0.3 is 9.73 Å². The van der Waals surface area contributed by atoms with Crippen LogP contribution in [0, 0.1) is 0 Å². The van der Waals surface area contributed by atoms with Crippen molar-refractivity contribution in [2.24, 2.45) is 0 Å². The second-order valence-corrected chi connectivity index (χ2v) is 4.99. The standard InChI is InChI=1S/C12H17N3OS/c1-2-7-13-9-12-15-14-11(17-12)6-5-10-4-3-8-16-10/h3-4,8,13H,2,5-7,9H2,1H3. The molecule has 4 nitrogen and oxygen atoms in total. The van der Waals surface area contributed by atoms with Crippen LogP contribution in [0.4, 0.5) is 0 Å². The number of nitrogens with zero attached hydrogens (tertiary/aromatic N) is 2. The molecule has 2 aromatic heterocycles. The molecule has 0 aromatic carbocycles. The Labute approximate surface area is 105 Å². The molecule has 2 heterocycles. The molecule has 2 aromatic rings. The van der Waals surface area contributed by atoms with Gasteiger partial charge in [0.05, 0.1) is 6.26 Å². The van der Waals surface area contributed by atoms with Crippen molar-refractivity contribution in [2.75, 3.05) is 6.54 Å². The predicted molar refractivity (Wildman–Crippen MR) is 68.0 cm³/mol. The predicted octanol–water partition coefficient (Wildman–Crippen LogP) is 2.42. The van der Waals surface area contributed by atoms with Gasteiger partial charge in [-0.3, -0.25) is 0 Å². The van der Waals surface area contributed by atoms with E-state index in [-0.39, 0.29) is 0 Å². The lowest BCUT2D eigenvalue weighted by atomic mass is 10.2. The van der Waals surface area contributed by atoms with Gasteiger partial charge in [0.15, 0.2) is 0 Å². The Hall–Kier alpha value is -1.20. The molecule has 92 valence electrons. The van der Waals surface area contributed by atoms with Crippen molar-refractivity contribution in [3.63, 3.8) is 0 Å². The summed E-state index contributed by atoms with van der Waals surface area (Å²) in [5.41, 5.74) is 0. The summed E-state index contributed by atoms with van der Waals surface area (Å²) in [7, 11) is 0. The summed E-state index contributed by atoms with van der Waals surface area (Å²) in [4.78, 5) is 0. The van der Waals surface area contributed by atoms with E-state index in [0.29, 0.717) is 0 Å². The summed E-state index contributed by atoms with van der Waals surface area (Å²) < 4.78 is 5.29. The molecule has 0 saturated carbocycles. The average molecular weight is 251 g/mol. The number of hydrogen-bond donors (Lipinski definition) is 1. The van der Waals surface area contributed by atoms with Crippen LogP contribution in [0.3, 0.4) is 0 Å². The smallest absolute Gasteiger partial charge is 0.131 e. The Morgan fingerprint density at radius 3 is 2.94 bits per heavy atom. The minimum atomic E-state index is 0.826. The molecule has 0 aliphatic heterocycles. The SMILES string of the molecule is CCCNCc1nnc(CCc2ccco2)s1.